The highest BCUT2D eigenvalue weighted by Crippen LogP contribution is 2.43. The van der Waals surface area contributed by atoms with E-state index in [-0.39, 0.29) is 11.5 Å². The summed E-state index contributed by atoms with van der Waals surface area (Å²) in [7, 11) is 1.46. The number of aromatic nitrogens is 1. The van der Waals surface area contributed by atoms with Crippen LogP contribution in [0.3, 0.4) is 0 Å². The van der Waals surface area contributed by atoms with Gasteiger partial charge in [-0.2, -0.15) is 0 Å². The van der Waals surface area contributed by atoms with E-state index in [1.54, 1.807) is 42.7 Å². The molecule has 1 aromatic heterocycles. The molecule has 0 amide bonds. The van der Waals surface area contributed by atoms with Gasteiger partial charge in [0, 0.05) is 36.1 Å². The Hall–Kier alpha value is -3.88. The number of nitrogens with zero attached hydrogens (tertiary/aromatic N) is 4. The summed E-state index contributed by atoms with van der Waals surface area (Å²) in [6.07, 6.45) is 4.73. The predicted octanol–water partition coefficient (Wildman–Crippen LogP) is 2.26. The van der Waals surface area contributed by atoms with Crippen LogP contribution in [0.25, 0.3) is 5.76 Å². The number of carboxylic acids is 1. The Morgan fingerprint density at radius 1 is 1.31 bits per heavy atom. The lowest BCUT2D eigenvalue weighted by atomic mass is 10.1. The number of benzene rings is 1. The van der Waals surface area contributed by atoms with E-state index in [2.05, 4.69) is 15.0 Å². The first-order chi connectivity index (χ1) is 14.1. The molecule has 148 valence electrons. The van der Waals surface area contributed by atoms with Crippen LogP contribution < -0.4 is 9.47 Å². The molecule has 0 spiro atoms. The second kappa shape index (κ2) is 7.63. The Balaban J connectivity index is 1.80. The molecular weight excluding hydrogens is 376 g/mol. The number of carboxylic acid groups (broad SMARTS) is 1. The van der Waals surface area contributed by atoms with Gasteiger partial charge >= 0.3 is 5.97 Å². The zero-order valence-electron chi connectivity index (χ0n) is 15.6. The molecule has 0 aliphatic carbocycles. The van der Waals surface area contributed by atoms with E-state index in [0.717, 1.165) is 5.56 Å². The molecule has 0 fully saturated rings. The average Bonchev–Trinajstić information content (AvgIpc) is 3.23. The van der Waals surface area contributed by atoms with Crippen molar-refractivity contribution < 1.29 is 24.5 Å². The fraction of sp³-hybridized carbons (Fsp3) is 0.200. The van der Waals surface area contributed by atoms with Crippen LogP contribution in [0.1, 0.15) is 11.1 Å². The summed E-state index contributed by atoms with van der Waals surface area (Å²) in [5, 5.41) is 19.4. The maximum absolute atomic E-state index is 10.9. The molecule has 2 aliphatic rings. The summed E-state index contributed by atoms with van der Waals surface area (Å²) < 4.78 is 10.8. The second-order valence-corrected chi connectivity index (χ2v) is 6.27. The molecule has 2 aromatic rings. The molecule has 0 atom stereocenters. The van der Waals surface area contributed by atoms with Crippen LogP contribution in [-0.4, -0.2) is 64.5 Å². The third kappa shape index (κ3) is 3.49. The first-order valence-corrected chi connectivity index (χ1v) is 8.86. The predicted molar refractivity (Wildman–Crippen MR) is 106 cm³/mol. The van der Waals surface area contributed by atoms with Crippen molar-refractivity contribution >= 4 is 29.1 Å². The van der Waals surface area contributed by atoms with Crippen LogP contribution in [0.5, 0.6) is 11.5 Å². The van der Waals surface area contributed by atoms with Gasteiger partial charge in [0.1, 0.15) is 23.1 Å². The van der Waals surface area contributed by atoms with Gasteiger partial charge in [0.15, 0.2) is 18.1 Å². The van der Waals surface area contributed by atoms with Crippen molar-refractivity contribution in [2.75, 3.05) is 26.8 Å². The number of aliphatic imine (C=N–C) groups is 2. The van der Waals surface area contributed by atoms with E-state index in [9.17, 15) is 9.90 Å². The summed E-state index contributed by atoms with van der Waals surface area (Å²) >= 11 is 0. The Bertz CT molecular complexity index is 1050. The van der Waals surface area contributed by atoms with Crippen LogP contribution >= 0.6 is 0 Å². The minimum atomic E-state index is -1.09. The molecule has 9 heteroatoms. The van der Waals surface area contributed by atoms with Gasteiger partial charge in [-0.15, -0.1) is 0 Å². The SMILES string of the molecule is COc1c(OCC(=O)O)ccc2c1N=C(/C=C(\O)c1cccnc1)N1CCN=C21. The zero-order chi connectivity index (χ0) is 20.4. The van der Waals surface area contributed by atoms with Crippen molar-refractivity contribution in [2.45, 2.75) is 0 Å². The first-order valence-electron chi connectivity index (χ1n) is 8.86. The van der Waals surface area contributed by atoms with Gasteiger partial charge in [-0.3, -0.25) is 9.98 Å². The van der Waals surface area contributed by atoms with Gasteiger partial charge in [0.25, 0.3) is 0 Å². The molecule has 2 N–H and O–H groups in total. The molecule has 0 saturated carbocycles. The number of rotatable bonds is 6. The Labute approximate surface area is 166 Å². The fourth-order valence-electron chi connectivity index (χ4n) is 3.20. The van der Waals surface area contributed by atoms with Crippen molar-refractivity contribution in [1.82, 2.24) is 9.88 Å². The number of hydrogen-bond acceptors (Lipinski definition) is 8. The van der Waals surface area contributed by atoms with Gasteiger partial charge in [0.2, 0.25) is 0 Å². The van der Waals surface area contributed by atoms with Gasteiger partial charge in [-0.1, -0.05) is 0 Å². The normalized spacial score (nSPS) is 15.2. The lowest BCUT2D eigenvalue weighted by Crippen LogP contribution is -2.36. The number of hydrogen-bond donors (Lipinski definition) is 2. The lowest BCUT2D eigenvalue weighted by Gasteiger charge is -2.27. The standard InChI is InChI=1S/C20H18N4O5/c1-28-19-15(29-11-17(26)27)5-4-13-18(19)23-16(24-8-7-22-20(13)24)9-14(25)12-3-2-6-21-10-12/h2-6,9-10,25H,7-8,11H2,1H3,(H,26,27)/b14-9-. The lowest BCUT2D eigenvalue weighted by molar-refractivity contribution is -0.139. The number of fused-ring (bicyclic) bond motifs is 3. The molecule has 0 bridgehead atoms. The van der Waals surface area contributed by atoms with E-state index in [1.165, 1.54) is 7.11 Å². The quantitative estimate of drug-likeness (QED) is 0.722. The summed E-state index contributed by atoms with van der Waals surface area (Å²) in [6, 6.07) is 6.89. The van der Waals surface area contributed by atoms with Crippen molar-refractivity contribution in [2.24, 2.45) is 9.98 Å². The van der Waals surface area contributed by atoms with E-state index >= 15 is 0 Å². The molecule has 29 heavy (non-hydrogen) atoms. The third-order valence-corrected chi connectivity index (χ3v) is 4.46. The highest BCUT2D eigenvalue weighted by Gasteiger charge is 2.32. The van der Waals surface area contributed by atoms with Crippen molar-refractivity contribution in [3.63, 3.8) is 0 Å². The van der Waals surface area contributed by atoms with Gasteiger partial charge < -0.3 is 24.6 Å². The molecule has 3 heterocycles. The number of pyridine rings is 1. The smallest absolute Gasteiger partial charge is 0.341 e. The van der Waals surface area contributed by atoms with Crippen molar-refractivity contribution in [3.05, 3.63) is 53.9 Å². The van der Waals surface area contributed by atoms with Crippen LogP contribution in [0.4, 0.5) is 5.69 Å². The van der Waals surface area contributed by atoms with Gasteiger partial charge in [-0.25, -0.2) is 9.79 Å². The van der Waals surface area contributed by atoms with Crippen LogP contribution in [-0.2, 0) is 4.79 Å². The summed E-state index contributed by atoms with van der Waals surface area (Å²) in [4.78, 5) is 26.0. The number of carbonyl (C=O) groups is 1. The van der Waals surface area contributed by atoms with E-state index in [0.29, 0.717) is 41.8 Å². The van der Waals surface area contributed by atoms with Gasteiger partial charge in [0.05, 0.1) is 13.7 Å². The van der Waals surface area contributed by atoms with E-state index < -0.39 is 12.6 Å². The molecule has 0 saturated heterocycles. The van der Waals surface area contributed by atoms with Crippen molar-refractivity contribution in [3.8, 4) is 11.5 Å². The number of methoxy groups -OCH3 is 1. The maximum Gasteiger partial charge on any atom is 0.341 e. The summed E-state index contributed by atoms with van der Waals surface area (Å²) in [5.41, 5.74) is 1.78. The summed E-state index contributed by atoms with van der Waals surface area (Å²) in [6.45, 7) is 0.722. The minimum absolute atomic E-state index is 0.0174. The monoisotopic (exact) mass is 394 g/mol. The highest BCUT2D eigenvalue weighted by atomic mass is 16.5. The number of aliphatic hydroxyl groups is 1. The largest absolute Gasteiger partial charge is 0.507 e. The van der Waals surface area contributed by atoms with Gasteiger partial charge in [-0.05, 0) is 24.3 Å². The van der Waals surface area contributed by atoms with E-state index in [1.807, 2.05) is 4.90 Å². The summed E-state index contributed by atoms with van der Waals surface area (Å²) in [5.74, 6) is 0.703. The number of aliphatic hydroxyl groups excluding tert-OH is 1. The average molecular weight is 394 g/mol. The van der Waals surface area contributed by atoms with Crippen molar-refractivity contribution in [1.29, 1.82) is 0 Å². The highest BCUT2D eigenvalue weighted by molar-refractivity contribution is 6.20. The first kappa shape index (κ1) is 18.5. The molecule has 2 aliphatic heterocycles. The molecule has 0 unspecified atom stereocenters. The minimum Gasteiger partial charge on any atom is -0.507 e. The van der Waals surface area contributed by atoms with Crippen LogP contribution in [0, 0.1) is 0 Å². The number of aliphatic carboxylic acids is 1. The topological polar surface area (TPSA) is 117 Å². The Kier molecular flexibility index (Phi) is 4.86. The van der Waals surface area contributed by atoms with E-state index in [4.69, 9.17) is 14.6 Å². The number of amidine groups is 2. The molecular formula is C20H18N4O5. The molecule has 0 radical (unpaired) electrons. The third-order valence-electron chi connectivity index (χ3n) is 4.46. The maximum atomic E-state index is 10.9. The van der Waals surface area contributed by atoms with Crippen LogP contribution in [0.15, 0.2) is 52.7 Å². The zero-order valence-corrected chi connectivity index (χ0v) is 15.6. The fourth-order valence-corrected chi connectivity index (χ4v) is 3.20. The molecule has 4 rings (SSSR count). The molecule has 1 aromatic carbocycles. The molecule has 9 nitrogen and oxygen atoms in total. The Morgan fingerprint density at radius 3 is 2.90 bits per heavy atom. The number of ether oxygens (including phenoxy) is 2. The second-order valence-electron chi connectivity index (χ2n) is 6.27. The van der Waals surface area contributed by atoms with Crippen LogP contribution in [0.2, 0.25) is 0 Å². The Morgan fingerprint density at radius 2 is 2.17 bits per heavy atom.